The number of anilines is 1. The van der Waals surface area contributed by atoms with E-state index in [9.17, 15) is 19.2 Å². The molecule has 1 atom stereocenters. The van der Waals surface area contributed by atoms with E-state index in [-0.39, 0.29) is 24.3 Å². The number of amides is 4. The van der Waals surface area contributed by atoms with E-state index in [1.165, 1.54) is 0 Å². The molecule has 1 N–H and O–H groups in total. The zero-order valence-corrected chi connectivity index (χ0v) is 18.1. The van der Waals surface area contributed by atoms with E-state index in [4.69, 9.17) is 4.74 Å². The van der Waals surface area contributed by atoms with Gasteiger partial charge in [0.05, 0.1) is 0 Å². The lowest BCUT2D eigenvalue weighted by atomic mass is 10.0. The quantitative estimate of drug-likeness (QED) is 0.717. The van der Waals surface area contributed by atoms with Crippen LogP contribution in [-0.4, -0.2) is 71.4 Å². The SMILES string of the molecule is CC(C)(C)OC(=O)N1CCN(c2ccc3c(c2)CN([C@H]2CCC(=O)NC2=O)C3=O)CC1. The molecule has 0 unspecified atom stereocenters. The average Bonchev–Trinajstić information content (AvgIpc) is 3.02. The van der Waals surface area contributed by atoms with E-state index in [1.807, 2.05) is 32.9 Å². The summed E-state index contributed by atoms with van der Waals surface area (Å²) in [7, 11) is 0. The number of piperidine rings is 1. The number of piperazine rings is 1. The molecule has 0 bridgehead atoms. The number of hydrogen-bond acceptors (Lipinski definition) is 6. The van der Waals surface area contributed by atoms with Gasteiger partial charge in [0.15, 0.2) is 0 Å². The van der Waals surface area contributed by atoms with Gasteiger partial charge in [0.1, 0.15) is 11.6 Å². The van der Waals surface area contributed by atoms with E-state index in [0.29, 0.717) is 44.7 Å². The highest BCUT2D eigenvalue weighted by atomic mass is 16.6. The van der Waals surface area contributed by atoms with Gasteiger partial charge in [0.25, 0.3) is 5.91 Å². The number of benzene rings is 1. The first kappa shape index (κ1) is 21.1. The Morgan fingerprint density at radius 3 is 2.45 bits per heavy atom. The van der Waals surface area contributed by atoms with Crippen molar-refractivity contribution in [1.82, 2.24) is 15.1 Å². The third-order valence-electron chi connectivity index (χ3n) is 5.80. The third-order valence-corrected chi connectivity index (χ3v) is 5.80. The molecule has 0 radical (unpaired) electrons. The molecule has 0 aromatic heterocycles. The molecule has 3 heterocycles. The second kappa shape index (κ2) is 7.86. The van der Waals surface area contributed by atoms with Crippen LogP contribution in [0.4, 0.5) is 10.5 Å². The van der Waals surface area contributed by atoms with Crippen LogP contribution < -0.4 is 10.2 Å². The lowest BCUT2D eigenvalue weighted by Gasteiger charge is -2.36. The summed E-state index contributed by atoms with van der Waals surface area (Å²) in [4.78, 5) is 54.2. The second-order valence-corrected chi connectivity index (χ2v) is 9.20. The van der Waals surface area contributed by atoms with E-state index in [0.717, 1.165) is 11.3 Å². The Hall–Kier alpha value is -3.10. The first-order valence-corrected chi connectivity index (χ1v) is 10.6. The van der Waals surface area contributed by atoms with Gasteiger partial charge in [-0.15, -0.1) is 0 Å². The molecule has 2 fully saturated rings. The molecular formula is C22H28N4O5. The van der Waals surface area contributed by atoms with Gasteiger partial charge in [-0.3, -0.25) is 19.7 Å². The van der Waals surface area contributed by atoms with Crippen molar-refractivity contribution >= 4 is 29.5 Å². The van der Waals surface area contributed by atoms with Gasteiger partial charge in [0.2, 0.25) is 11.8 Å². The summed E-state index contributed by atoms with van der Waals surface area (Å²) in [5.74, 6) is -0.875. The van der Waals surface area contributed by atoms with Crippen LogP contribution in [0.25, 0.3) is 0 Å². The van der Waals surface area contributed by atoms with Gasteiger partial charge < -0.3 is 19.4 Å². The predicted octanol–water partition coefficient (Wildman–Crippen LogP) is 1.50. The van der Waals surface area contributed by atoms with Crippen LogP contribution in [0.3, 0.4) is 0 Å². The number of hydrogen-bond donors (Lipinski definition) is 1. The summed E-state index contributed by atoms with van der Waals surface area (Å²) in [6.07, 6.45) is 0.291. The highest BCUT2D eigenvalue weighted by Crippen LogP contribution is 2.31. The van der Waals surface area contributed by atoms with Crippen LogP contribution in [0.5, 0.6) is 0 Å². The highest BCUT2D eigenvalue weighted by molar-refractivity contribution is 6.05. The van der Waals surface area contributed by atoms with Crippen molar-refractivity contribution in [2.45, 2.75) is 51.8 Å². The molecule has 0 aliphatic carbocycles. The van der Waals surface area contributed by atoms with Crippen molar-refractivity contribution in [3.8, 4) is 0 Å². The summed E-state index contributed by atoms with van der Waals surface area (Å²) in [6.45, 7) is 8.37. The van der Waals surface area contributed by atoms with Crippen LogP contribution in [-0.2, 0) is 20.9 Å². The molecule has 31 heavy (non-hydrogen) atoms. The van der Waals surface area contributed by atoms with Crippen molar-refractivity contribution in [2.75, 3.05) is 31.1 Å². The third kappa shape index (κ3) is 4.35. The maximum absolute atomic E-state index is 12.8. The smallest absolute Gasteiger partial charge is 0.410 e. The molecule has 4 rings (SSSR count). The molecule has 166 valence electrons. The minimum Gasteiger partial charge on any atom is -0.444 e. The van der Waals surface area contributed by atoms with Crippen molar-refractivity contribution in [2.24, 2.45) is 0 Å². The van der Waals surface area contributed by atoms with E-state index >= 15 is 0 Å². The first-order chi connectivity index (χ1) is 14.6. The van der Waals surface area contributed by atoms with Crippen LogP contribution in [0.15, 0.2) is 18.2 Å². The molecule has 4 amide bonds. The monoisotopic (exact) mass is 428 g/mol. The number of rotatable bonds is 2. The van der Waals surface area contributed by atoms with Gasteiger partial charge in [-0.2, -0.15) is 0 Å². The largest absolute Gasteiger partial charge is 0.444 e. The molecule has 9 heteroatoms. The summed E-state index contributed by atoms with van der Waals surface area (Å²) in [5, 5.41) is 2.32. The molecule has 1 aromatic carbocycles. The summed E-state index contributed by atoms with van der Waals surface area (Å²) in [6, 6.07) is 5.09. The van der Waals surface area contributed by atoms with Crippen LogP contribution >= 0.6 is 0 Å². The number of imide groups is 1. The molecule has 0 saturated carbocycles. The Bertz CT molecular complexity index is 930. The molecule has 9 nitrogen and oxygen atoms in total. The van der Waals surface area contributed by atoms with Crippen LogP contribution in [0.1, 0.15) is 49.5 Å². The standard InChI is InChI=1S/C22H28N4O5/c1-22(2,3)31-21(30)25-10-8-24(9-11-25)15-4-5-16-14(12-15)13-26(20(16)29)17-6-7-18(27)23-19(17)28/h4-5,12,17H,6-11,13H2,1-3H3,(H,23,27,28)/t17-/m0/s1. The molecular weight excluding hydrogens is 400 g/mol. The number of ether oxygens (including phenoxy) is 1. The zero-order chi connectivity index (χ0) is 22.3. The minimum absolute atomic E-state index is 0.175. The molecule has 3 aliphatic heterocycles. The topological polar surface area (TPSA) is 99.3 Å². The highest BCUT2D eigenvalue weighted by Gasteiger charge is 2.39. The summed E-state index contributed by atoms with van der Waals surface area (Å²) >= 11 is 0. The van der Waals surface area contributed by atoms with Crippen molar-refractivity contribution < 1.29 is 23.9 Å². The molecule has 0 spiro atoms. The second-order valence-electron chi connectivity index (χ2n) is 9.20. The van der Waals surface area contributed by atoms with E-state index in [1.54, 1.807) is 15.9 Å². The lowest BCUT2D eigenvalue weighted by molar-refractivity contribution is -0.136. The Morgan fingerprint density at radius 1 is 1.10 bits per heavy atom. The van der Waals surface area contributed by atoms with Crippen LogP contribution in [0, 0.1) is 0 Å². The number of nitrogens with zero attached hydrogens (tertiary/aromatic N) is 3. The predicted molar refractivity (Wildman–Crippen MR) is 113 cm³/mol. The molecule has 1 aromatic rings. The van der Waals surface area contributed by atoms with Crippen molar-refractivity contribution in [3.05, 3.63) is 29.3 Å². The normalized spacial score (nSPS) is 21.8. The summed E-state index contributed by atoms with van der Waals surface area (Å²) < 4.78 is 5.45. The molecule has 2 saturated heterocycles. The van der Waals surface area contributed by atoms with E-state index in [2.05, 4.69) is 10.2 Å². The zero-order valence-electron chi connectivity index (χ0n) is 18.1. The fourth-order valence-electron chi connectivity index (χ4n) is 4.23. The Balaban J connectivity index is 1.41. The lowest BCUT2D eigenvalue weighted by Crippen LogP contribution is -2.52. The minimum atomic E-state index is -0.613. The van der Waals surface area contributed by atoms with Gasteiger partial charge in [-0.1, -0.05) is 0 Å². The fraction of sp³-hybridized carbons (Fsp3) is 0.545. The number of nitrogens with one attached hydrogen (secondary N) is 1. The van der Waals surface area contributed by atoms with Gasteiger partial charge in [0, 0.05) is 50.4 Å². The fourth-order valence-corrected chi connectivity index (χ4v) is 4.23. The Morgan fingerprint density at radius 2 is 1.81 bits per heavy atom. The average molecular weight is 428 g/mol. The summed E-state index contributed by atoms with van der Waals surface area (Å²) in [5.41, 5.74) is 1.94. The maximum Gasteiger partial charge on any atom is 0.410 e. The van der Waals surface area contributed by atoms with E-state index < -0.39 is 17.6 Å². The Labute approximate surface area is 181 Å². The van der Waals surface area contributed by atoms with Crippen LogP contribution in [0.2, 0.25) is 0 Å². The van der Waals surface area contributed by atoms with Crippen molar-refractivity contribution in [1.29, 1.82) is 0 Å². The van der Waals surface area contributed by atoms with Crippen molar-refractivity contribution in [3.63, 3.8) is 0 Å². The maximum atomic E-state index is 12.8. The van der Waals surface area contributed by atoms with Gasteiger partial charge in [-0.25, -0.2) is 4.79 Å². The number of carbonyl (C=O) groups is 4. The Kier molecular flexibility index (Phi) is 5.36. The molecule has 3 aliphatic rings. The number of fused-ring (bicyclic) bond motifs is 1. The van der Waals surface area contributed by atoms with Gasteiger partial charge >= 0.3 is 6.09 Å². The van der Waals surface area contributed by atoms with Gasteiger partial charge in [-0.05, 0) is 51.0 Å². The first-order valence-electron chi connectivity index (χ1n) is 10.6. The number of carbonyl (C=O) groups excluding carboxylic acids is 4.